The molecule has 0 radical (unpaired) electrons. The fourth-order valence-corrected chi connectivity index (χ4v) is 6.16. The first-order valence-electron chi connectivity index (χ1n) is 18.4. The molecule has 0 fully saturated rings. The van der Waals surface area contributed by atoms with Crippen molar-refractivity contribution in [3.05, 3.63) is 181 Å². The van der Waals surface area contributed by atoms with Gasteiger partial charge >= 0.3 is 0 Å². The van der Waals surface area contributed by atoms with Crippen molar-refractivity contribution >= 4 is 11.9 Å². The van der Waals surface area contributed by atoms with Gasteiger partial charge in [-0.05, 0) is 69.2 Å². The van der Waals surface area contributed by atoms with Gasteiger partial charge in [0.2, 0.25) is 0 Å². The van der Waals surface area contributed by atoms with E-state index in [1.807, 2.05) is 149 Å². The Morgan fingerprint density at radius 1 is 0.429 bits per heavy atom. The number of rotatable bonds is 8. The molecule has 0 unspecified atom stereocenters. The van der Waals surface area contributed by atoms with E-state index in [0.29, 0.717) is 34.9 Å². The van der Waals surface area contributed by atoms with E-state index in [1.165, 1.54) is 5.56 Å². The summed E-state index contributed by atoms with van der Waals surface area (Å²) in [6, 6.07) is 50.7. The van der Waals surface area contributed by atoms with Gasteiger partial charge in [-0.2, -0.15) is 0 Å². The van der Waals surface area contributed by atoms with Crippen molar-refractivity contribution in [2.75, 3.05) is 0 Å². The van der Waals surface area contributed by atoms with Crippen molar-refractivity contribution in [3.63, 3.8) is 0 Å². The summed E-state index contributed by atoms with van der Waals surface area (Å²) in [4.78, 5) is 36.6. The zero-order chi connectivity index (χ0) is 38.7. The van der Waals surface area contributed by atoms with Crippen LogP contribution in [0.3, 0.4) is 0 Å². The minimum absolute atomic E-state index is 0.642. The third kappa shape index (κ3) is 9.06. The fourth-order valence-electron chi connectivity index (χ4n) is 6.16. The molecule has 0 spiro atoms. The summed E-state index contributed by atoms with van der Waals surface area (Å²) in [7, 11) is 0. The summed E-state index contributed by atoms with van der Waals surface area (Å²) >= 11 is 0. The highest BCUT2D eigenvalue weighted by Crippen LogP contribution is 2.28. The third-order valence-electron chi connectivity index (χ3n) is 8.79. The second kappa shape index (κ2) is 17.7. The van der Waals surface area contributed by atoms with Crippen LogP contribution in [0.4, 0.5) is 0 Å². The summed E-state index contributed by atoms with van der Waals surface area (Å²) in [5, 5.41) is 0. The van der Waals surface area contributed by atoms with Gasteiger partial charge in [-0.1, -0.05) is 127 Å². The molecule has 3 aromatic heterocycles. The van der Waals surface area contributed by atoms with Gasteiger partial charge in [-0.25, -0.2) is 29.9 Å². The summed E-state index contributed by atoms with van der Waals surface area (Å²) in [5.41, 5.74) is 10.0. The maximum absolute atomic E-state index is 4.78. The minimum atomic E-state index is 0.642. The molecule has 8 nitrogen and oxygen atoms in total. The Hall–Kier alpha value is -7.32. The maximum Gasteiger partial charge on any atom is 0.163 e. The molecule has 0 aliphatic rings. The normalized spacial score (nSPS) is 11.2. The quantitative estimate of drug-likeness (QED) is 0.143. The second-order valence-corrected chi connectivity index (χ2v) is 12.8. The van der Waals surface area contributed by atoms with E-state index in [9.17, 15) is 0 Å². The molecule has 8 aromatic rings. The van der Waals surface area contributed by atoms with Gasteiger partial charge in [-0.15, -0.1) is 0 Å². The number of aliphatic imine (C=N–C) groups is 1. The van der Waals surface area contributed by atoms with Crippen LogP contribution in [0, 0.1) is 13.8 Å². The van der Waals surface area contributed by atoms with Gasteiger partial charge in [0, 0.05) is 45.8 Å². The first kappa shape index (κ1) is 37.0. The molecule has 0 aliphatic heterocycles. The Morgan fingerprint density at radius 3 is 1.45 bits per heavy atom. The van der Waals surface area contributed by atoms with Gasteiger partial charge in [-0.3, -0.25) is 9.98 Å². The van der Waals surface area contributed by atoms with E-state index >= 15 is 0 Å². The lowest BCUT2D eigenvalue weighted by atomic mass is 10.0. The van der Waals surface area contributed by atoms with Crippen molar-refractivity contribution in [2.45, 2.75) is 27.7 Å². The molecule has 0 saturated heterocycles. The van der Waals surface area contributed by atoms with Crippen molar-refractivity contribution in [1.82, 2.24) is 34.9 Å². The largest absolute Gasteiger partial charge is 0.261 e. The third-order valence-corrected chi connectivity index (χ3v) is 8.79. The van der Waals surface area contributed by atoms with Crippen molar-refractivity contribution in [2.24, 2.45) is 4.99 Å². The van der Waals surface area contributed by atoms with Gasteiger partial charge in [0.1, 0.15) is 11.6 Å². The zero-order valence-corrected chi connectivity index (χ0v) is 31.7. The molecular weight excluding hydrogens is 689 g/mol. The Labute approximate surface area is 327 Å². The first-order chi connectivity index (χ1) is 27.5. The summed E-state index contributed by atoms with van der Waals surface area (Å²) in [6.45, 7) is 7.68. The first-order valence-corrected chi connectivity index (χ1v) is 18.4. The van der Waals surface area contributed by atoms with Crippen LogP contribution in [0.5, 0.6) is 0 Å². The monoisotopic (exact) mass is 728 g/mol. The van der Waals surface area contributed by atoms with E-state index in [4.69, 9.17) is 4.98 Å². The topological polar surface area (TPSA) is 103 Å². The standard InChI is InChI=1S/C26H23N5.C22H17N3/c1-4-23(27-5-2)19-10-8-12-21(16-19)25-29-18(3)30-26(31-25)22-13-9-11-20(17-22)24-14-6-7-15-28-24;1-16-23-21(18-11-6-3-7-12-18)25-22(24-16)20-14-8-13-19(15-20)17-9-4-2-5-10-17/h4-17H,1-3H3;2-15H,1H3/b23-4-,27-5?;. The van der Waals surface area contributed by atoms with Crippen molar-refractivity contribution in [3.8, 4) is 67.9 Å². The molecule has 272 valence electrons. The lowest BCUT2D eigenvalue weighted by Crippen LogP contribution is -2.00. The molecule has 0 amide bonds. The Kier molecular flexibility index (Phi) is 11.7. The van der Waals surface area contributed by atoms with Crippen molar-refractivity contribution < 1.29 is 0 Å². The molecule has 0 N–H and O–H groups in total. The van der Waals surface area contributed by atoms with Gasteiger partial charge in [0.05, 0.1) is 11.4 Å². The molecule has 0 saturated carbocycles. The predicted molar refractivity (Wildman–Crippen MR) is 227 cm³/mol. The van der Waals surface area contributed by atoms with E-state index in [2.05, 4.69) is 71.3 Å². The molecular formula is C48H40N8. The highest BCUT2D eigenvalue weighted by atomic mass is 15.0. The van der Waals surface area contributed by atoms with Crippen LogP contribution in [0.15, 0.2) is 169 Å². The minimum Gasteiger partial charge on any atom is -0.261 e. The zero-order valence-electron chi connectivity index (χ0n) is 31.7. The van der Waals surface area contributed by atoms with Gasteiger partial charge in [0.15, 0.2) is 23.3 Å². The molecule has 8 rings (SSSR count). The van der Waals surface area contributed by atoms with Crippen LogP contribution in [0.1, 0.15) is 31.1 Å². The molecule has 0 aliphatic carbocycles. The van der Waals surface area contributed by atoms with Crippen LogP contribution < -0.4 is 0 Å². The van der Waals surface area contributed by atoms with Gasteiger partial charge in [0.25, 0.3) is 0 Å². The average molecular weight is 729 g/mol. The molecule has 3 heterocycles. The number of hydrogen-bond acceptors (Lipinski definition) is 8. The maximum atomic E-state index is 4.78. The van der Waals surface area contributed by atoms with Crippen LogP contribution in [-0.2, 0) is 0 Å². The lowest BCUT2D eigenvalue weighted by Gasteiger charge is -2.09. The van der Waals surface area contributed by atoms with Crippen LogP contribution in [-0.4, -0.2) is 41.1 Å². The SMILES string of the molecule is CC=N/C(=C\C)c1cccc(-c2nc(C)nc(-c3cccc(-c4ccccn4)c3)n2)c1.Cc1nc(-c2ccccc2)nc(-c2cccc(-c3ccccc3)c2)n1. The summed E-state index contributed by atoms with van der Waals surface area (Å²) < 4.78 is 0. The number of benzene rings is 5. The van der Waals surface area contributed by atoms with Gasteiger partial charge < -0.3 is 0 Å². The van der Waals surface area contributed by atoms with Crippen LogP contribution in [0.2, 0.25) is 0 Å². The second-order valence-electron chi connectivity index (χ2n) is 12.8. The van der Waals surface area contributed by atoms with E-state index in [-0.39, 0.29) is 0 Å². The number of hydrogen-bond donors (Lipinski definition) is 0. The summed E-state index contributed by atoms with van der Waals surface area (Å²) in [5.74, 6) is 4.07. The average Bonchev–Trinajstić information content (AvgIpc) is 3.26. The lowest BCUT2D eigenvalue weighted by molar-refractivity contribution is 0.991. The van der Waals surface area contributed by atoms with Crippen LogP contribution in [0.25, 0.3) is 73.6 Å². The highest BCUT2D eigenvalue weighted by molar-refractivity contribution is 5.76. The van der Waals surface area contributed by atoms with E-state index < -0.39 is 0 Å². The van der Waals surface area contributed by atoms with E-state index in [0.717, 1.165) is 50.3 Å². The molecule has 0 bridgehead atoms. The van der Waals surface area contributed by atoms with Crippen LogP contribution >= 0.6 is 0 Å². The smallest absolute Gasteiger partial charge is 0.163 e. The van der Waals surface area contributed by atoms with Crippen molar-refractivity contribution in [1.29, 1.82) is 0 Å². The predicted octanol–water partition coefficient (Wildman–Crippen LogP) is 11.2. The highest BCUT2D eigenvalue weighted by Gasteiger charge is 2.12. The molecule has 0 atom stereocenters. The molecule has 8 heteroatoms. The Morgan fingerprint density at radius 2 is 0.893 bits per heavy atom. The number of nitrogens with zero attached hydrogens (tertiary/aromatic N) is 8. The molecule has 5 aromatic carbocycles. The number of allylic oxidation sites excluding steroid dienone is 1. The number of aromatic nitrogens is 7. The fraction of sp³-hybridized carbons (Fsp3) is 0.0833. The van der Waals surface area contributed by atoms with E-state index in [1.54, 1.807) is 12.4 Å². The number of aryl methyl sites for hydroxylation is 2. The molecule has 56 heavy (non-hydrogen) atoms. The Balaban J connectivity index is 0.000000175. The summed E-state index contributed by atoms with van der Waals surface area (Å²) in [6.07, 6.45) is 5.58. The number of pyridine rings is 1. The Bertz CT molecular complexity index is 2620.